The van der Waals surface area contributed by atoms with E-state index in [-0.39, 0.29) is 12.5 Å². The van der Waals surface area contributed by atoms with Crippen LogP contribution in [0.5, 0.6) is 5.75 Å². The van der Waals surface area contributed by atoms with Gasteiger partial charge in [0.25, 0.3) is 0 Å². The number of carbonyl (C=O) groups is 1. The van der Waals surface area contributed by atoms with E-state index in [0.29, 0.717) is 13.1 Å². The number of fused-ring (bicyclic) bond motifs is 1. The SMILES string of the molecule is CCNC(=NCC(=O)N1CCc2ccccc2C1)N(C)Cc1ccc(OC)cc1. The second-order valence-electron chi connectivity index (χ2n) is 7.21. The Morgan fingerprint density at radius 1 is 1.17 bits per heavy atom. The number of benzene rings is 2. The summed E-state index contributed by atoms with van der Waals surface area (Å²) in [7, 11) is 3.64. The molecule has 0 unspecified atom stereocenters. The number of aliphatic imine (C=N–C) groups is 1. The molecule has 1 N–H and O–H groups in total. The molecule has 0 radical (unpaired) electrons. The first-order valence-corrected chi connectivity index (χ1v) is 10.1. The number of ether oxygens (including phenoxy) is 1. The minimum absolute atomic E-state index is 0.0627. The summed E-state index contributed by atoms with van der Waals surface area (Å²) in [5.41, 5.74) is 3.73. The lowest BCUT2D eigenvalue weighted by molar-refractivity contribution is -0.130. The molecule has 1 heterocycles. The maximum atomic E-state index is 12.7. The molecule has 6 heteroatoms. The van der Waals surface area contributed by atoms with Crippen molar-refractivity contribution in [2.45, 2.75) is 26.4 Å². The van der Waals surface area contributed by atoms with Gasteiger partial charge >= 0.3 is 0 Å². The van der Waals surface area contributed by atoms with Gasteiger partial charge in [0, 0.05) is 33.2 Å². The molecule has 0 spiro atoms. The Morgan fingerprint density at radius 3 is 2.59 bits per heavy atom. The molecule has 0 saturated carbocycles. The Kier molecular flexibility index (Phi) is 7.11. The van der Waals surface area contributed by atoms with Crippen molar-refractivity contribution < 1.29 is 9.53 Å². The molecule has 154 valence electrons. The molecule has 1 aliphatic heterocycles. The third-order valence-electron chi connectivity index (χ3n) is 5.12. The van der Waals surface area contributed by atoms with Gasteiger partial charge in [-0.05, 0) is 42.2 Å². The van der Waals surface area contributed by atoms with E-state index in [1.54, 1.807) is 7.11 Å². The lowest BCUT2D eigenvalue weighted by Gasteiger charge is -2.29. The molecule has 29 heavy (non-hydrogen) atoms. The number of hydrogen-bond donors (Lipinski definition) is 1. The zero-order chi connectivity index (χ0) is 20.6. The molecule has 0 saturated heterocycles. The Balaban J connectivity index is 1.61. The molecular formula is C23H30N4O2. The van der Waals surface area contributed by atoms with Crippen LogP contribution in [0.4, 0.5) is 0 Å². The van der Waals surface area contributed by atoms with Gasteiger partial charge in [-0.1, -0.05) is 36.4 Å². The van der Waals surface area contributed by atoms with Gasteiger partial charge in [-0.2, -0.15) is 0 Å². The first kappa shape index (κ1) is 20.7. The van der Waals surface area contributed by atoms with Crippen LogP contribution in [0.2, 0.25) is 0 Å². The number of amides is 1. The Hall–Kier alpha value is -3.02. The van der Waals surface area contributed by atoms with Crippen molar-refractivity contribution in [2.75, 3.05) is 33.8 Å². The summed E-state index contributed by atoms with van der Waals surface area (Å²) in [6.45, 7) is 5.04. The molecule has 0 fully saturated rings. The van der Waals surface area contributed by atoms with Crippen molar-refractivity contribution in [3.8, 4) is 5.75 Å². The van der Waals surface area contributed by atoms with Crippen molar-refractivity contribution in [3.63, 3.8) is 0 Å². The van der Waals surface area contributed by atoms with Crippen molar-refractivity contribution in [1.82, 2.24) is 15.1 Å². The normalized spacial score (nSPS) is 13.6. The van der Waals surface area contributed by atoms with E-state index in [1.807, 2.05) is 54.1 Å². The number of nitrogens with one attached hydrogen (secondary N) is 1. The first-order chi connectivity index (χ1) is 14.1. The van der Waals surface area contributed by atoms with Gasteiger partial charge in [-0.15, -0.1) is 0 Å². The van der Waals surface area contributed by atoms with E-state index in [4.69, 9.17) is 4.74 Å². The Labute approximate surface area is 173 Å². The predicted octanol–water partition coefficient (Wildman–Crippen LogP) is 2.68. The van der Waals surface area contributed by atoms with Crippen LogP contribution in [0.3, 0.4) is 0 Å². The maximum Gasteiger partial charge on any atom is 0.244 e. The van der Waals surface area contributed by atoms with Crippen LogP contribution in [0.15, 0.2) is 53.5 Å². The summed E-state index contributed by atoms with van der Waals surface area (Å²) in [5.74, 6) is 1.63. The quantitative estimate of drug-likeness (QED) is 0.605. The molecule has 2 aromatic rings. The lowest BCUT2D eigenvalue weighted by Crippen LogP contribution is -2.41. The topological polar surface area (TPSA) is 57.2 Å². The van der Waals surface area contributed by atoms with Crippen LogP contribution in [-0.4, -0.2) is 55.5 Å². The summed E-state index contributed by atoms with van der Waals surface area (Å²) >= 11 is 0. The van der Waals surface area contributed by atoms with Gasteiger partial charge in [-0.3, -0.25) is 4.79 Å². The van der Waals surface area contributed by atoms with E-state index in [0.717, 1.165) is 36.8 Å². The molecule has 2 aromatic carbocycles. The van der Waals surface area contributed by atoms with Crippen molar-refractivity contribution >= 4 is 11.9 Å². The van der Waals surface area contributed by atoms with E-state index < -0.39 is 0 Å². The summed E-state index contributed by atoms with van der Waals surface area (Å²) in [6.07, 6.45) is 0.906. The fourth-order valence-electron chi connectivity index (χ4n) is 3.50. The second-order valence-corrected chi connectivity index (χ2v) is 7.21. The van der Waals surface area contributed by atoms with Gasteiger partial charge in [0.2, 0.25) is 5.91 Å². The Morgan fingerprint density at radius 2 is 1.90 bits per heavy atom. The molecule has 0 bridgehead atoms. The smallest absolute Gasteiger partial charge is 0.244 e. The highest BCUT2D eigenvalue weighted by Gasteiger charge is 2.20. The van der Waals surface area contributed by atoms with Crippen molar-refractivity contribution in [1.29, 1.82) is 0 Å². The van der Waals surface area contributed by atoms with E-state index in [1.165, 1.54) is 11.1 Å². The number of carbonyl (C=O) groups excluding carboxylic acids is 1. The zero-order valence-corrected chi connectivity index (χ0v) is 17.5. The number of hydrogen-bond acceptors (Lipinski definition) is 3. The standard InChI is InChI=1S/C23H30N4O2/c1-4-24-23(26(2)16-18-9-11-21(29-3)12-10-18)25-15-22(28)27-14-13-19-7-5-6-8-20(19)17-27/h5-12H,4,13-17H2,1-3H3,(H,24,25). The number of nitrogens with zero attached hydrogens (tertiary/aromatic N) is 3. The van der Waals surface area contributed by atoms with E-state index in [2.05, 4.69) is 28.5 Å². The minimum atomic E-state index is 0.0627. The molecule has 0 aromatic heterocycles. The summed E-state index contributed by atoms with van der Waals surface area (Å²) < 4.78 is 5.21. The third kappa shape index (κ3) is 5.50. The van der Waals surface area contributed by atoms with Crippen LogP contribution in [0.25, 0.3) is 0 Å². The molecule has 1 aliphatic rings. The number of rotatable bonds is 6. The molecule has 0 aliphatic carbocycles. The van der Waals surface area contributed by atoms with Gasteiger partial charge in [0.05, 0.1) is 7.11 Å². The zero-order valence-electron chi connectivity index (χ0n) is 17.5. The minimum Gasteiger partial charge on any atom is -0.497 e. The van der Waals surface area contributed by atoms with Gasteiger partial charge in [-0.25, -0.2) is 4.99 Å². The third-order valence-corrected chi connectivity index (χ3v) is 5.12. The van der Waals surface area contributed by atoms with Gasteiger partial charge in [0.15, 0.2) is 5.96 Å². The predicted molar refractivity (Wildman–Crippen MR) is 116 cm³/mol. The van der Waals surface area contributed by atoms with E-state index >= 15 is 0 Å². The number of guanidine groups is 1. The fourth-order valence-corrected chi connectivity index (χ4v) is 3.50. The number of methoxy groups -OCH3 is 1. The first-order valence-electron chi connectivity index (χ1n) is 10.1. The monoisotopic (exact) mass is 394 g/mol. The highest BCUT2D eigenvalue weighted by molar-refractivity contribution is 5.85. The molecule has 0 atom stereocenters. The summed E-state index contributed by atoms with van der Waals surface area (Å²) in [6, 6.07) is 16.3. The van der Waals surface area contributed by atoms with Crippen LogP contribution in [0, 0.1) is 0 Å². The highest BCUT2D eigenvalue weighted by Crippen LogP contribution is 2.18. The van der Waals surface area contributed by atoms with Crippen molar-refractivity contribution in [2.24, 2.45) is 4.99 Å². The fraction of sp³-hybridized carbons (Fsp3) is 0.391. The lowest BCUT2D eigenvalue weighted by atomic mass is 10.00. The molecular weight excluding hydrogens is 364 g/mol. The van der Waals surface area contributed by atoms with Crippen molar-refractivity contribution in [3.05, 3.63) is 65.2 Å². The average molecular weight is 395 g/mol. The maximum absolute atomic E-state index is 12.7. The largest absolute Gasteiger partial charge is 0.497 e. The summed E-state index contributed by atoms with van der Waals surface area (Å²) in [4.78, 5) is 21.3. The van der Waals surface area contributed by atoms with Gasteiger partial charge < -0.3 is 19.9 Å². The second kappa shape index (κ2) is 9.96. The average Bonchev–Trinajstić information content (AvgIpc) is 2.76. The molecule has 6 nitrogen and oxygen atoms in total. The Bertz CT molecular complexity index is 848. The van der Waals surface area contributed by atoms with E-state index in [9.17, 15) is 4.79 Å². The highest BCUT2D eigenvalue weighted by atomic mass is 16.5. The molecule has 3 rings (SSSR count). The van der Waals surface area contributed by atoms with Gasteiger partial charge in [0.1, 0.15) is 12.3 Å². The molecule has 1 amide bonds. The van der Waals surface area contributed by atoms with Crippen LogP contribution >= 0.6 is 0 Å². The summed E-state index contributed by atoms with van der Waals surface area (Å²) in [5, 5.41) is 3.28. The van der Waals surface area contributed by atoms with Crippen LogP contribution < -0.4 is 10.1 Å². The van der Waals surface area contributed by atoms with Crippen LogP contribution in [-0.2, 0) is 24.3 Å². The van der Waals surface area contributed by atoms with Crippen LogP contribution in [0.1, 0.15) is 23.6 Å².